The van der Waals surface area contributed by atoms with Crippen molar-refractivity contribution >= 4 is 22.8 Å². The van der Waals surface area contributed by atoms with Gasteiger partial charge < -0.3 is 9.88 Å². The molecule has 1 aliphatic rings. The van der Waals surface area contributed by atoms with Gasteiger partial charge in [0.25, 0.3) is 0 Å². The quantitative estimate of drug-likeness (QED) is 0.738. The second kappa shape index (κ2) is 4.77. The van der Waals surface area contributed by atoms with Gasteiger partial charge in [-0.05, 0) is 12.1 Å². The second-order valence-corrected chi connectivity index (χ2v) is 5.31. The number of hydrogen-bond donors (Lipinski definition) is 1. The Morgan fingerprint density at radius 3 is 2.76 bits per heavy atom. The Hall–Kier alpha value is -2.55. The maximum atomic E-state index is 13.9. The minimum absolute atomic E-state index is 0.148. The fourth-order valence-electron chi connectivity index (χ4n) is 2.93. The molecule has 2 nitrogen and oxygen atoms in total. The molecule has 4 rings (SSSR count). The van der Waals surface area contributed by atoms with Crippen LogP contribution in [0, 0.1) is 5.82 Å². The van der Waals surface area contributed by atoms with E-state index >= 15 is 0 Å². The fraction of sp³-hybridized carbons (Fsp3) is 0.111. The third-order valence-electron chi connectivity index (χ3n) is 3.97. The van der Waals surface area contributed by atoms with Crippen LogP contribution in [0.2, 0.25) is 0 Å². The topological polar surface area (TPSA) is 19.0 Å². The Balaban J connectivity index is 1.77. The standard InChI is InChI=1S/C18H15FN2/c19-16-9-3-1-6-13(16)12-21-11-5-8-15-14-7-2-4-10-17(14)20-18(15)21/h1-10,20H,11-12H2. The highest BCUT2D eigenvalue weighted by Gasteiger charge is 2.19. The molecule has 1 aliphatic heterocycles. The van der Waals surface area contributed by atoms with Gasteiger partial charge in [0.1, 0.15) is 11.6 Å². The molecule has 3 aromatic rings. The van der Waals surface area contributed by atoms with Crippen LogP contribution in [0.25, 0.3) is 17.0 Å². The molecule has 0 aliphatic carbocycles. The first kappa shape index (κ1) is 12.2. The van der Waals surface area contributed by atoms with Crippen molar-refractivity contribution in [3.05, 3.63) is 71.6 Å². The zero-order valence-electron chi connectivity index (χ0n) is 11.5. The van der Waals surface area contributed by atoms with Gasteiger partial charge in [-0.25, -0.2) is 4.39 Å². The molecule has 0 fully saturated rings. The lowest BCUT2D eigenvalue weighted by Gasteiger charge is -2.26. The summed E-state index contributed by atoms with van der Waals surface area (Å²) in [6.07, 6.45) is 4.27. The highest BCUT2D eigenvalue weighted by molar-refractivity contribution is 5.96. The van der Waals surface area contributed by atoms with E-state index in [9.17, 15) is 4.39 Å². The van der Waals surface area contributed by atoms with Gasteiger partial charge in [-0.3, -0.25) is 0 Å². The highest BCUT2D eigenvalue weighted by Crippen LogP contribution is 2.33. The summed E-state index contributed by atoms with van der Waals surface area (Å²) in [5.41, 5.74) is 3.03. The predicted octanol–water partition coefficient (Wildman–Crippen LogP) is 4.34. The van der Waals surface area contributed by atoms with Gasteiger partial charge in [-0.2, -0.15) is 0 Å². The summed E-state index contributed by atoms with van der Waals surface area (Å²) in [5, 5.41) is 1.21. The van der Waals surface area contributed by atoms with Crippen LogP contribution in [-0.2, 0) is 6.54 Å². The van der Waals surface area contributed by atoms with E-state index in [1.165, 1.54) is 17.0 Å². The first-order valence-corrected chi connectivity index (χ1v) is 7.08. The van der Waals surface area contributed by atoms with Crippen molar-refractivity contribution in [3.8, 4) is 0 Å². The maximum Gasteiger partial charge on any atom is 0.128 e. The molecule has 0 amide bonds. The van der Waals surface area contributed by atoms with Crippen LogP contribution < -0.4 is 4.90 Å². The smallest absolute Gasteiger partial charge is 0.128 e. The molecule has 2 heterocycles. The maximum absolute atomic E-state index is 13.9. The van der Waals surface area contributed by atoms with E-state index in [0.29, 0.717) is 6.54 Å². The van der Waals surface area contributed by atoms with Gasteiger partial charge in [0.2, 0.25) is 0 Å². The zero-order chi connectivity index (χ0) is 14.2. The lowest BCUT2D eigenvalue weighted by molar-refractivity contribution is 0.606. The molecule has 0 unspecified atom stereocenters. The van der Waals surface area contributed by atoms with Gasteiger partial charge >= 0.3 is 0 Å². The number of aromatic amines is 1. The van der Waals surface area contributed by atoms with Crippen LogP contribution in [0.15, 0.2) is 54.6 Å². The Morgan fingerprint density at radius 1 is 1.05 bits per heavy atom. The van der Waals surface area contributed by atoms with Crippen LogP contribution in [0.4, 0.5) is 10.2 Å². The summed E-state index contributed by atoms with van der Waals surface area (Å²) < 4.78 is 13.9. The molecule has 0 saturated heterocycles. The number of nitrogens with one attached hydrogen (secondary N) is 1. The van der Waals surface area contributed by atoms with E-state index in [1.54, 1.807) is 6.07 Å². The third kappa shape index (κ3) is 2.02. The predicted molar refractivity (Wildman–Crippen MR) is 84.8 cm³/mol. The molecule has 1 aromatic heterocycles. The third-order valence-corrected chi connectivity index (χ3v) is 3.97. The number of nitrogens with zero attached hydrogens (tertiary/aromatic N) is 1. The summed E-state index contributed by atoms with van der Waals surface area (Å²) in [4.78, 5) is 5.63. The average Bonchev–Trinajstić information content (AvgIpc) is 2.89. The van der Waals surface area contributed by atoms with Crippen molar-refractivity contribution in [2.75, 3.05) is 11.4 Å². The summed E-state index contributed by atoms with van der Waals surface area (Å²) in [6.45, 7) is 1.35. The average molecular weight is 278 g/mol. The van der Waals surface area contributed by atoms with Gasteiger partial charge in [0, 0.05) is 35.1 Å². The molecule has 0 radical (unpaired) electrons. The molecule has 3 heteroatoms. The van der Waals surface area contributed by atoms with Gasteiger partial charge in [-0.1, -0.05) is 48.6 Å². The van der Waals surface area contributed by atoms with Crippen molar-refractivity contribution < 1.29 is 4.39 Å². The molecule has 2 aromatic carbocycles. The summed E-state index contributed by atoms with van der Waals surface area (Å²) in [7, 11) is 0. The number of para-hydroxylation sites is 1. The van der Waals surface area contributed by atoms with E-state index in [0.717, 1.165) is 23.4 Å². The Morgan fingerprint density at radius 2 is 1.86 bits per heavy atom. The van der Waals surface area contributed by atoms with Crippen molar-refractivity contribution in [1.29, 1.82) is 0 Å². The van der Waals surface area contributed by atoms with E-state index in [4.69, 9.17) is 0 Å². The molecule has 0 bridgehead atoms. The fourth-order valence-corrected chi connectivity index (χ4v) is 2.93. The second-order valence-electron chi connectivity index (χ2n) is 5.31. The largest absolute Gasteiger partial charge is 0.349 e. The lowest BCUT2D eigenvalue weighted by atomic mass is 10.1. The van der Waals surface area contributed by atoms with Crippen LogP contribution in [-0.4, -0.2) is 11.5 Å². The summed E-state index contributed by atoms with van der Waals surface area (Å²) in [6, 6.07) is 15.2. The number of fused-ring (bicyclic) bond motifs is 3. The number of benzene rings is 2. The van der Waals surface area contributed by atoms with Gasteiger partial charge in [0.15, 0.2) is 0 Å². The van der Waals surface area contributed by atoms with Gasteiger partial charge in [-0.15, -0.1) is 0 Å². The van der Waals surface area contributed by atoms with Gasteiger partial charge in [0.05, 0.1) is 0 Å². The monoisotopic (exact) mass is 278 g/mol. The van der Waals surface area contributed by atoms with Crippen molar-refractivity contribution in [2.45, 2.75) is 6.54 Å². The molecule has 104 valence electrons. The Kier molecular flexibility index (Phi) is 2.78. The molecule has 0 atom stereocenters. The molecule has 1 N–H and O–H groups in total. The number of hydrogen-bond acceptors (Lipinski definition) is 1. The van der Waals surface area contributed by atoms with Crippen LogP contribution in [0.1, 0.15) is 11.1 Å². The molecular weight excluding hydrogens is 263 g/mol. The zero-order valence-corrected chi connectivity index (χ0v) is 11.5. The molecule has 0 spiro atoms. The first-order valence-electron chi connectivity index (χ1n) is 7.08. The molecule has 21 heavy (non-hydrogen) atoms. The molecular formula is C18H15FN2. The van der Waals surface area contributed by atoms with E-state index in [1.807, 2.05) is 24.3 Å². The minimum atomic E-state index is -0.148. The van der Waals surface area contributed by atoms with Crippen LogP contribution >= 0.6 is 0 Å². The summed E-state index contributed by atoms with van der Waals surface area (Å²) >= 11 is 0. The Labute approximate surface area is 122 Å². The number of halogens is 1. The normalized spacial score (nSPS) is 13.7. The molecule has 0 saturated carbocycles. The lowest BCUT2D eigenvalue weighted by Crippen LogP contribution is -2.25. The first-order chi connectivity index (χ1) is 10.3. The van der Waals surface area contributed by atoms with E-state index in [-0.39, 0.29) is 5.82 Å². The van der Waals surface area contributed by atoms with Crippen molar-refractivity contribution in [2.24, 2.45) is 0 Å². The van der Waals surface area contributed by atoms with Crippen LogP contribution in [0.5, 0.6) is 0 Å². The number of H-pyrrole nitrogens is 1. The number of rotatable bonds is 2. The van der Waals surface area contributed by atoms with E-state index in [2.05, 4.69) is 34.2 Å². The number of anilines is 1. The highest BCUT2D eigenvalue weighted by atomic mass is 19.1. The number of aromatic nitrogens is 1. The van der Waals surface area contributed by atoms with E-state index < -0.39 is 0 Å². The van der Waals surface area contributed by atoms with Crippen LogP contribution in [0.3, 0.4) is 0 Å². The van der Waals surface area contributed by atoms with Crippen molar-refractivity contribution in [1.82, 2.24) is 4.98 Å². The minimum Gasteiger partial charge on any atom is -0.349 e. The summed E-state index contributed by atoms with van der Waals surface area (Å²) in [5.74, 6) is 0.923. The SMILES string of the molecule is Fc1ccccc1CN1CC=Cc2c1[nH]c1ccccc21. The Bertz CT molecular complexity index is 832. The van der Waals surface area contributed by atoms with Crippen molar-refractivity contribution in [3.63, 3.8) is 0 Å².